The van der Waals surface area contributed by atoms with Crippen molar-refractivity contribution in [1.82, 2.24) is 10.2 Å². The molecule has 3 aromatic rings. The summed E-state index contributed by atoms with van der Waals surface area (Å²) in [4.78, 5) is 27.3. The highest BCUT2D eigenvalue weighted by Gasteiger charge is 2.25. The van der Waals surface area contributed by atoms with Crippen molar-refractivity contribution in [3.05, 3.63) is 95.6 Å². The molecule has 0 bridgehead atoms. The smallest absolute Gasteiger partial charge is 0.253 e. The van der Waals surface area contributed by atoms with E-state index in [0.29, 0.717) is 18.7 Å². The Morgan fingerprint density at radius 1 is 0.800 bits per heavy atom. The van der Waals surface area contributed by atoms with Gasteiger partial charge in [0.05, 0.1) is 0 Å². The van der Waals surface area contributed by atoms with Gasteiger partial charge in [-0.05, 0) is 54.7 Å². The van der Waals surface area contributed by atoms with Crippen molar-refractivity contribution in [2.45, 2.75) is 25.8 Å². The van der Waals surface area contributed by atoms with Gasteiger partial charge < -0.3 is 10.2 Å². The minimum absolute atomic E-state index is 0.0330. The van der Waals surface area contributed by atoms with Gasteiger partial charge in [-0.2, -0.15) is 0 Å². The molecule has 1 N–H and O–H groups in total. The van der Waals surface area contributed by atoms with Gasteiger partial charge in [0, 0.05) is 30.3 Å². The Kier molecular flexibility index (Phi) is 5.94. The van der Waals surface area contributed by atoms with E-state index in [2.05, 4.69) is 17.4 Å². The molecule has 4 heteroatoms. The van der Waals surface area contributed by atoms with Gasteiger partial charge in [-0.25, -0.2) is 0 Å². The fraction of sp³-hybridized carbons (Fsp3) is 0.231. The van der Waals surface area contributed by atoms with Crippen LogP contribution in [0.5, 0.6) is 0 Å². The van der Waals surface area contributed by atoms with E-state index in [4.69, 9.17) is 0 Å². The van der Waals surface area contributed by atoms with E-state index in [1.807, 2.05) is 78.6 Å². The normalized spacial score (nSPS) is 14.4. The number of benzene rings is 3. The summed E-state index contributed by atoms with van der Waals surface area (Å²) in [7, 11) is 0. The van der Waals surface area contributed by atoms with Crippen LogP contribution >= 0.6 is 0 Å². The van der Waals surface area contributed by atoms with Gasteiger partial charge in [0.25, 0.3) is 11.8 Å². The standard InChI is InChI=1S/C26H26N2O2/c1-19-7-5-6-10-24(19)25(29)27-23-15-17-28(18-16-23)26(30)22-13-11-21(12-14-22)20-8-3-2-4-9-20/h2-14,23H,15-18H2,1H3,(H,27,29). The maximum Gasteiger partial charge on any atom is 0.253 e. The molecule has 3 aromatic carbocycles. The number of rotatable bonds is 4. The summed E-state index contributed by atoms with van der Waals surface area (Å²) in [5, 5.41) is 3.12. The second-order valence-corrected chi connectivity index (χ2v) is 7.80. The monoisotopic (exact) mass is 398 g/mol. The van der Waals surface area contributed by atoms with Crippen LogP contribution in [0, 0.1) is 6.92 Å². The zero-order valence-corrected chi connectivity index (χ0v) is 17.2. The van der Waals surface area contributed by atoms with E-state index in [9.17, 15) is 9.59 Å². The van der Waals surface area contributed by atoms with Gasteiger partial charge in [0.2, 0.25) is 0 Å². The lowest BCUT2D eigenvalue weighted by Gasteiger charge is -2.32. The molecule has 152 valence electrons. The molecule has 0 atom stereocenters. The second kappa shape index (κ2) is 8.95. The summed E-state index contributed by atoms with van der Waals surface area (Å²) in [6.45, 7) is 3.25. The van der Waals surface area contributed by atoms with Crippen LogP contribution in [0.15, 0.2) is 78.9 Å². The van der Waals surface area contributed by atoms with Gasteiger partial charge in [-0.3, -0.25) is 9.59 Å². The van der Waals surface area contributed by atoms with Crippen LogP contribution in [-0.4, -0.2) is 35.8 Å². The number of likely N-dealkylation sites (tertiary alicyclic amines) is 1. The molecule has 4 nitrogen and oxygen atoms in total. The van der Waals surface area contributed by atoms with Crippen LogP contribution in [0.25, 0.3) is 11.1 Å². The third-order valence-electron chi connectivity index (χ3n) is 5.75. The molecule has 0 aliphatic carbocycles. The third-order valence-corrected chi connectivity index (χ3v) is 5.75. The van der Waals surface area contributed by atoms with E-state index in [1.165, 1.54) is 0 Å². The minimum Gasteiger partial charge on any atom is -0.349 e. The summed E-state index contributed by atoms with van der Waals surface area (Å²) in [6.07, 6.45) is 1.54. The summed E-state index contributed by atoms with van der Waals surface area (Å²) >= 11 is 0. The van der Waals surface area contributed by atoms with E-state index in [1.54, 1.807) is 0 Å². The molecule has 0 aromatic heterocycles. The summed E-state index contributed by atoms with van der Waals surface area (Å²) in [5.41, 5.74) is 4.64. The Morgan fingerprint density at radius 3 is 2.07 bits per heavy atom. The second-order valence-electron chi connectivity index (χ2n) is 7.80. The number of carbonyl (C=O) groups is 2. The van der Waals surface area contributed by atoms with Crippen molar-refractivity contribution in [3.8, 4) is 11.1 Å². The number of amides is 2. The third kappa shape index (κ3) is 4.43. The van der Waals surface area contributed by atoms with Gasteiger partial charge in [-0.15, -0.1) is 0 Å². The molecule has 0 unspecified atom stereocenters. The zero-order chi connectivity index (χ0) is 20.9. The van der Waals surface area contributed by atoms with Gasteiger partial charge in [0.15, 0.2) is 0 Å². The molecular weight excluding hydrogens is 372 g/mol. The van der Waals surface area contributed by atoms with Crippen molar-refractivity contribution in [3.63, 3.8) is 0 Å². The van der Waals surface area contributed by atoms with Crippen molar-refractivity contribution in [1.29, 1.82) is 0 Å². The highest BCUT2D eigenvalue weighted by Crippen LogP contribution is 2.21. The van der Waals surface area contributed by atoms with E-state index in [-0.39, 0.29) is 17.9 Å². The predicted octanol–water partition coefficient (Wildman–Crippen LogP) is 4.70. The number of nitrogens with zero attached hydrogens (tertiary/aromatic N) is 1. The molecule has 1 heterocycles. The molecule has 0 radical (unpaired) electrons. The Bertz CT molecular complexity index is 1020. The first-order valence-electron chi connectivity index (χ1n) is 10.4. The summed E-state index contributed by atoms with van der Waals surface area (Å²) in [5.74, 6) is 0.0210. The number of hydrogen-bond acceptors (Lipinski definition) is 2. The molecule has 1 aliphatic heterocycles. The van der Waals surface area contributed by atoms with Crippen molar-refractivity contribution < 1.29 is 9.59 Å². The van der Waals surface area contributed by atoms with Gasteiger partial charge in [-0.1, -0.05) is 60.7 Å². The van der Waals surface area contributed by atoms with Crippen molar-refractivity contribution in [2.24, 2.45) is 0 Å². The first-order chi connectivity index (χ1) is 14.6. The van der Waals surface area contributed by atoms with Crippen LogP contribution in [0.2, 0.25) is 0 Å². The average molecular weight is 399 g/mol. The molecular formula is C26H26N2O2. The van der Waals surface area contributed by atoms with Gasteiger partial charge >= 0.3 is 0 Å². The number of nitrogens with one attached hydrogen (secondary N) is 1. The number of aryl methyl sites for hydroxylation is 1. The largest absolute Gasteiger partial charge is 0.349 e. The summed E-state index contributed by atoms with van der Waals surface area (Å²) in [6, 6.07) is 25.6. The Hall–Kier alpha value is -3.40. The van der Waals surface area contributed by atoms with Crippen LogP contribution in [0.1, 0.15) is 39.1 Å². The van der Waals surface area contributed by atoms with Crippen molar-refractivity contribution in [2.75, 3.05) is 13.1 Å². The van der Waals surface area contributed by atoms with Crippen LogP contribution in [0.4, 0.5) is 0 Å². The lowest BCUT2D eigenvalue weighted by molar-refractivity contribution is 0.0698. The molecule has 0 spiro atoms. The molecule has 1 saturated heterocycles. The molecule has 4 rings (SSSR count). The van der Waals surface area contributed by atoms with E-state index >= 15 is 0 Å². The van der Waals surface area contributed by atoms with Crippen LogP contribution in [-0.2, 0) is 0 Å². The van der Waals surface area contributed by atoms with E-state index < -0.39 is 0 Å². The Morgan fingerprint density at radius 2 is 1.40 bits per heavy atom. The quantitative estimate of drug-likeness (QED) is 0.693. The lowest BCUT2D eigenvalue weighted by Crippen LogP contribution is -2.46. The highest BCUT2D eigenvalue weighted by molar-refractivity contribution is 5.96. The fourth-order valence-electron chi connectivity index (χ4n) is 3.94. The molecule has 30 heavy (non-hydrogen) atoms. The average Bonchev–Trinajstić information content (AvgIpc) is 2.80. The first-order valence-corrected chi connectivity index (χ1v) is 10.4. The maximum absolute atomic E-state index is 12.9. The first kappa shape index (κ1) is 19.9. The minimum atomic E-state index is -0.0330. The Labute approximate surface area is 177 Å². The number of carbonyl (C=O) groups excluding carboxylic acids is 2. The SMILES string of the molecule is Cc1ccccc1C(=O)NC1CCN(C(=O)c2ccc(-c3ccccc3)cc2)CC1. The highest BCUT2D eigenvalue weighted by atomic mass is 16.2. The molecule has 1 aliphatic rings. The van der Waals surface area contributed by atoms with Crippen molar-refractivity contribution >= 4 is 11.8 Å². The fourth-order valence-corrected chi connectivity index (χ4v) is 3.94. The molecule has 1 fully saturated rings. The van der Waals surface area contributed by atoms with Crippen LogP contribution < -0.4 is 5.32 Å². The number of hydrogen-bond donors (Lipinski definition) is 1. The Balaban J connectivity index is 1.33. The summed E-state index contributed by atoms with van der Waals surface area (Å²) < 4.78 is 0. The zero-order valence-electron chi connectivity index (χ0n) is 17.2. The number of piperidine rings is 1. The van der Waals surface area contributed by atoms with E-state index in [0.717, 1.165) is 35.1 Å². The van der Waals surface area contributed by atoms with Gasteiger partial charge in [0.1, 0.15) is 0 Å². The van der Waals surface area contributed by atoms with Crippen LogP contribution in [0.3, 0.4) is 0 Å². The molecule has 2 amide bonds. The predicted molar refractivity (Wildman–Crippen MR) is 119 cm³/mol. The topological polar surface area (TPSA) is 49.4 Å². The maximum atomic E-state index is 12.9. The molecule has 0 saturated carbocycles. The lowest BCUT2D eigenvalue weighted by atomic mass is 10.0.